The minimum absolute atomic E-state index is 0.234. The highest BCUT2D eigenvalue weighted by Gasteiger charge is 2.06. The Labute approximate surface area is 120 Å². The second-order valence-electron chi connectivity index (χ2n) is 3.87. The van der Waals surface area contributed by atoms with Crippen LogP contribution in [0.15, 0.2) is 43.1 Å². The van der Waals surface area contributed by atoms with E-state index in [0.717, 1.165) is 22.6 Å². The number of carboxylic acids is 1. The van der Waals surface area contributed by atoms with Crippen LogP contribution >= 0.6 is 11.3 Å². The molecule has 0 aliphatic rings. The zero-order valence-corrected chi connectivity index (χ0v) is 11.5. The summed E-state index contributed by atoms with van der Waals surface area (Å²) in [6, 6.07) is 7.57. The van der Waals surface area contributed by atoms with Crippen LogP contribution in [0, 0.1) is 0 Å². The Morgan fingerprint density at radius 3 is 2.70 bits per heavy atom. The molecular formula is C15H13NO3S. The Kier molecular flexibility index (Phi) is 4.68. The summed E-state index contributed by atoms with van der Waals surface area (Å²) in [5.74, 6) is -0.171. The van der Waals surface area contributed by atoms with Gasteiger partial charge in [-0.05, 0) is 23.8 Å². The molecule has 0 aliphatic heterocycles. The number of carboxylic acid groups (broad SMARTS) is 1. The molecule has 1 heterocycles. The van der Waals surface area contributed by atoms with E-state index in [9.17, 15) is 4.79 Å². The van der Waals surface area contributed by atoms with Gasteiger partial charge in [-0.15, -0.1) is 11.3 Å². The van der Waals surface area contributed by atoms with Crippen LogP contribution < -0.4 is 4.74 Å². The number of carbonyl (C=O) groups is 1. The summed E-state index contributed by atoms with van der Waals surface area (Å²) in [6.45, 7) is 4.07. The van der Waals surface area contributed by atoms with Crippen molar-refractivity contribution in [3.05, 3.63) is 58.6 Å². The smallest absolute Gasteiger partial charge is 0.347 e. The van der Waals surface area contributed by atoms with Gasteiger partial charge in [-0.25, -0.2) is 9.78 Å². The molecule has 2 aromatic rings. The van der Waals surface area contributed by atoms with Crippen molar-refractivity contribution in [1.29, 1.82) is 0 Å². The highest BCUT2D eigenvalue weighted by atomic mass is 32.1. The van der Waals surface area contributed by atoms with E-state index in [1.54, 1.807) is 12.2 Å². The van der Waals surface area contributed by atoms with Gasteiger partial charge in [0.15, 0.2) is 0 Å². The minimum atomic E-state index is -0.953. The molecule has 2 rings (SSSR count). The van der Waals surface area contributed by atoms with Gasteiger partial charge in [0.25, 0.3) is 0 Å². The molecule has 102 valence electrons. The summed E-state index contributed by atoms with van der Waals surface area (Å²) in [7, 11) is 0. The van der Waals surface area contributed by atoms with Gasteiger partial charge < -0.3 is 9.84 Å². The summed E-state index contributed by atoms with van der Waals surface area (Å²) in [6.07, 6.45) is 6.72. The molecule has 0 aliphatic carbocycles. The zero-order chi connectivity index (χ0) is 14.4. The highest BCUT2D eigenvalue weighted by molar-refractivity contribution is 7.14. The summed E-state index contributed by atoms with van der Waals surface area (Å²) in [5.41, 5.74) is 0.989. The Morgan fingerprint density at radius 2 is 2.10 bits per heavy atom. The van der Waals surface area contributed by atoms with Crippen LogP contribution in [0.3, 0.4) is 0 Å². The van der Waals surface area contributed by atoms with Crippen LogP contribution in [-0.2, 0) is 0 Å². The quantitative estimate of drug-likeness (QED) is 0.825. The molecule has 1 aromatic carbocycles. The molecule has 1 N–H and O–H groups in total. The summed E-state index contributed by atoms with van der Waals surface area (Å²) < 4.78 is 5.38. The lowest BCUT2D eigenvalue weighted by atomic mass is 10.2. The molecule has 5 heteroatoms. The fraction of sp³-hybridized carbons (Fsp3) is 0.0667. The maximum Gasteiger partial charge on any atom is 0.347 e. The van der Waals surface area contributed by atoms with Gasteiger partial charge in [0.05, 0.1) is 6.20 Å². The third kappa shape index (κ3) is 3.80. The van der Waals surface area contributed by atoms with Gasteiger partial charge in [-0.1, -0.05) is 30.9 Å². The normalized spacial score (nSPS) is 10.6. The van der Waals surface area contributed by atoms with Crippen LogP contribution in [0.25, 0.3) is 12.2 Å². The van der Waals surface area contributed by atoms with Crippen molar-refractivity contribution >= 4 is 29.5 Å². The van der Waals surface area contributed by atoms with Crippen molar-refractivity contribution in [2.24, 2.45) is 0 Å². The number of rotatable bonds is 6. The minimum Gasteiger partial charge on any atom is -0.490 e. The van der Waals surface area contributed by atoms with Gasteiger partial charge in [0.2, 0.25) is 0 Å². The Balaban J connectivity index is 2.03. The Bertz CT molecular complexity index is 629. The predicted molar refractivity (Wildman–Crippen MR) is 80.1 cm³/mol. The van der Waals surface area contributed by atoms with Gasteiger partial charge in [-0.2, -0.15) is 0 Å². The lowest BCUT2D eigenvalue weighted by molar-refractivity contribution is 0.0702. The summed E-state index contributed by atoms with van der Waals surface area (Å²) in [5, 5.41) is 9.47. The molecule has 0 saturated heterocycles. The first-order chi connectivity index (χ1) is 9.69. The largest absolute Gasteiger partial charge is 0.490 e. The van der Waals surface area contributed by atoms with E-state index in [0.29, 0.717) is 11.6 Å². The predicted octanol–water partition coefficient (Wildman–Crippen LogP) is 3.58. The second-order valence-corrected chi connectivity index (χ2v) is 4.93. The van der Waals surface area contributed by atoms with Gasteiger partial charge in [-0.3, -0.25) is 0 Å². The Morgan fingerprint density at radius 1 is 1.35 bits per heavy atom. The van der Waals surface area contributed by atoms with E-state index >= 15 is 0 Å². The van der Waals surface area contributed by atoms with Crippen molar-refractivity contribution in [2.75, 3.05) is 6.61 Å². The maximum atomic E-state index is 10.7. The molecule has 4 nitrogen and oxygen atoms in total. The summed E-state index contributed by atoms with van der Waals surface area (Å²) in [4.78, 5) is 15.0. The first kappa shape index (κ1) is 14.0. The fourth-order valence-electron chi connectivity index (χ4n) is 1.46. The van der Waals surface area contributed by atoms with Crippen LogP contribution in [-0.4, -0.2) is 22.7 Å². The number of nitrogens with zero attached hydrogens (tertiary/aromatic N) is 1. The number of benzene rings is 1. The molecule has 0 atom stereocenters. The molecule has 1 aromatic heterocycles. The van der Waals surface area contributed by atoms with Crippen LogP contribution in [0.2, 0.25) is 0 Å². The fourth-order valence-corrected chi connectivity index (χ4v) is 2.12. The second kappa shape index (κ2) is 6.68. The van der Waals surface area contributed by atoms with Crippen molar-refractivity contribution in [3.8, 4) is 5.75 Å². The topological polar surface area (TPSA) is 59.4 Å². The number of hydrogen-bond acceptors (Lipinski definition) is 4. The number of thiazole rings is 1. The van der Waals surface area contributed by atoms with E-state index in [1.165, 1.54) is 6.20 Å². The van der Waals surface area contributed by atoms with Crippen LogP contribution in [0.5, 0.6) is 5.75 Å². The first-order valence-electron chi connectivity index (χ1n) is 5.90. The van der Waals surface area contributed by atoms with Crippen LogP contribution in [0.1, 0.15) is 20.2 Å². The van der Waals surface area contributed by atoms with Crippen molar-refractivity contribution in [2.45, 2.75) is 0 Å². The lowest BCUT2D eigenvalue weighted by Crippen LogP contribution is -1.91. The standard InChI is InChI=1S/C15H13NO3S/c1-2-9-19-12-6-3-11(4-7-12)5-8-14-16-10-13(20-14)15(17)18/h2-8,10H,1,9H2,(H,17,18)/b8-5+. The number of hydrogen-bond donors (Lipinski definition) is 1. The monoisotopic (exact) mass is 287 g/mol. The van der Waals surface area contributed by atoms with E-state index in [2.05, 4.69) is 11.6 Å². The maximum absolute atomic E-state index is 10.7. The molecule has 20 heavy (non-hydrogen) atoms. The van der Waals surface area contributed by atoms with Gasteiger partial charge >= 0.3 is 5.97 Å². The molecular weight excluding hydrogens is 274 g/mol. The van der Waals surface area contributed by atoms with E-state index in [1.807, 2.05) is 30.3 Å². The average Bonchev–Trinajstić information content (AvgIpc) is 2.93. The van der Waals surface area contributed by atoms with Gasteiger partial charge in [0, 0.05) is 0 Å². The molecule has 0 amide bonds. The molecule has 0 bridgehead atoms. The molecule has 0 fully saturated rings. The van der Waals surface area contributed by atoms with Crippen LogP contribution in [0.4, 0.5) is 0 Å². The molecule has 0 spiro atoms. The van der Waals surface area contributed by atoms with E-state index in [4.69, 9.17) is 9.84 Å². The molecule has 0 unspecified atom stereocenters. The molecule has 0 radical (unpaired) electrons. The zero-order valence-electron chi connectivity index (χ0n) is 10.7. The van der Waals surface area contributed by atoms with Crippen molar-refractivity contribution in [3.63, 3.8) is 0 Å². The SMILES string of the molecule is C=CCOc1ccc(/C=C/c2ncc(C(=O)O)s2)cc1. The third-order valence-corrected chi connectivity index (χ3v) is 3.35. The molecule has 0 saturated carbocycles. The Hall–Kier alpha value is -2.40. The van der Waals surface area contributed by atoms with E-state index in [-0.39, 0.29) is 4.88 Å². The van der Waals surface area contributed by atoms with E-state index < -0.39 is 5.97 Å². The number of aromatic nitrogens is 1. The van der Waals surface area contributed by atoms with Gasteiger partial charge in [0.1, 0.15) is 22.2 Å². The third-order valence-electron chi connectivity index (χ3n) is 2.40. The first-order valence-corrected chi connectivity index (χ1v) is 6.71. The lowest BCUT2D eigenvalue weighted by Gasteiger charge is -2.02. The van der Waals surface area contributed by atoms with Crippen molar-refractivity contribution < 1.29 is 14.6 Å². The number of aromatic carboxylic acids is 1. The van der Waals surface area contributed by atoms with Crippen molar-refractivity contribution in [1.82, 2.24) is 4.98 Å². The highest BCUT2D eigenvalue weighted by Crippen LogP contribution is 2.17. The number of ether oxygens (including phenoxy) is 1. The average molecular weight is 287 g/mol. The summed E-state index contributed by atoms with van der Waals surface area (Å²) >= 11 is 1.14.